The van der Waals surface area contributed by atoms with Gasteiger partial charge >= 0.3 is 0 Å². The third-order valence-electron chi connectivity index (χ3n) is 4.51. The van der Waals surface area contributed by atoms with Crippen molar-refractivity contribution in [3.8, 4) is 0 Å². The van der Waals surface area contributed by atoms with Gasteiger partial charge in [0.05, 0.1) is 21.4 Å². The zero-order chi connectivity index (χ0) is 18.4. The third kappa shape index (κ3) is 6.89. The molecular formula is C17H25ClN2O5. The number of hydrogen-bond acceptors (Lipinski definition) is 6. The van der Waals surface area contributed by atoms with E-state index in [1.807, 2.05) is 11.0 Å². The Morgan fingerprint density at radius 1 is 1.24 bits per heavy atom. The van der Waals surface area contributed by atoms with E-state index in [1.165, 1.54) is 18.4 Å². The van der Waals surface area contributed by atoms with Gasteiger partial charge in [0.25, 0.3) is 0 Å². The van der Waals surface area contributed by atoms with Gasteiger partial charge in [0.15, 0.2) is 0 Å². The Morgan fingerprint density at radius 3 is 2.60 bits per heavy atom. The lowest BCUT2D eigenvalue weighted by atomic mass is 10.00. The van der Waals surface area contributed by atoms with Crippen molar-refractivity contribution in [2.75, 3.05) is 31.1 Å². The van der Waals surface area contributed by atoms with E-state index in [1.54, 1.807) is 0 Å². The van der Waals surface area contributed by atoms with Gasteiger partial charge in [0.2, 0.25) is 5.91 Å². The van der Waals surface area contributed by atoms with Gasteiger partial charge in [-0.2, -0.15) is 14.0 Å². The number of hydrogen-bond donors (Lipinski definition) is 1. The van der Waals surface area contributed by atoms with Gasteiger partial charge in [0, 0.05) is 18.8 Å². The molecule has 1 N–H and O–H groups in total. The van der Waals surface area contributed by atoms with Gasteiger partial charge in [-0.15, -0.1) is 0 Å². The van der Waals surface area contributed by atoms with E-state index in [4.69, 9.17) is 18.6 Å². The van der Waals surface area contributed by atoms with Crippen molar-refractivity contribution in [3.05, 3.63) is 29.8 Å². The highest BCUT2D eigenvalue weighted by molar-refractivity contribution is 5.95. The monoisotopic (exact) mass is 372 g/mol. The Bertz CT molecular complexity index is 572. The van der Waals surface area contributed by atoms with Crippen LogP contribution in [0.4, 0.5) is 5.69 Å². The molecule has 0 aromatic heterocycles. The van der Waals surface area contributed by atoms with Crippen molar-refractivity contribution >= 4 is 11.6 Å². The number of carbonyl (C=O) groups is 1. The predicted octanol–water partition coefficient (Wildman–Crippen LogP) is -1.43. The molecule has 1 amide bonds. The molecule has 3 rings (SSSR count). The Balaban J connectivity index is 0.000000399. The Labute approximate surface area is 150 Å². The van der Waals surface area contributed by atoms with Crippen LogP contribution in [0.2, 0.25) is 0 Å². The van der Waals surface area contributed by atoms with Crippen molar-refractivity contribution in [2.24, 2.45) is 5.92 Å². The average Bonchev–Trinajstić information content (AvgIpc) is 2.53. The highest BCUT2D eigenvalue weighted by atomic mass is 35.7. The molecule has 8 heteroatoms. The summed E-state index contributed by atoms with van der Waals surface area (Å²) in [5, 5.41) is 0. The van der Waals surface area contributed by atoms with Gasteiger partial charge < -0.3 is 4.90 Å². The number of fused-ring (bicyclic) bond motifs is 1. The normalized spacial score (nSPS) is 21.2. The molecule has 2 aliphatic rings. The molecule has 25 heavy (non-hydrogen) atoms. The molecule has 1 aromatic carbocycles. The van der Waals surface area contributed by atoms with E-state index < -0.39 is 10.2 Å². The minimum atomic E-state index is -4.69. The fourth-order valence-electron chi connectivity index (χ4n) is 3.50. The van der Waals surface area contributed by atoms with Crippen LogP contribution < -0.4 is 18.9 Å². The molecule has 7 nitrogen and oxygen atoms in total. The second kappa shape index (κ2) is 8.93. The molecule has 0 bridgehead atoms. The summed E-state index contributed by atoms with van der Waals surface area (Å²) < 4.78 is 32.7. The first kappa shape index (κ1) is 20.1. The van der Waals surface area contributed by atoms with Gasteiger partial charge in [-0.1, -0.05) is 25.1 Å². The lowest BCUT2D eigenvalue weighted by Gasteiger charge is -2.34. The average molecular weight is 373 g/mol. The molecule has 2 aliphatic heterocycles. The lowest BCUT2D eigenvalue weighted by molar-refractivity contribution is -1.92. The second-order valence-corrected chi connectivity index (χ2v) is 7.45. The van der Waals surface area contributed by atoms with Crippen molar-refractivity contribution in [2.45, 2.75) is 32.6 Å². The van der Waals surface area contributed by atoms with E-state index in [2.05, 4.69) is 30.0 Å². The van der Waals surface area contributed by atoms with Gasteiger partial charge in [-0.3, -0.25) is 9.69 Å². The smallest absolute Gasteiger partial charge is 0.241 e. The van der Waals surface area contributed by atoms with Crippen molar-refractivity contribution < 1.29 is 33.7 Å². The van der Waals surface area contributed by atoms with Crippen LogP contribution in [-0.4, -0.2) is 41.6 Å². The molecule has 1 saturated heterocycles. The first-order valence-corrected chi connectivity index (χ1v) is 9.74. The zero-order valence-electron chi connectivity index (χ0n) is 14.4. The summed E-state index contributed by atoms with van der Waals surface area (Å²) in [6.45, 7) is 5.89. The van der Waals surface area contributed by atoms with Crippen LogP contribution in [0.1, 0.15) is 31.7 Å². The molecule has 140 valence electrons. The topological polar surface area (TPSA) is 113 Å². The molecule has 0 aliphatic carbocycles. The van der Waals surface area contributed by atoms with Crippen molar-refractivity contribution in [1.82, 2.24) is 4.90 Å². The standard InChI is InChI=1S/C17H24N2O.ClHO4/c1-14-6-4-10-18(12-14)13-17(20)19-11-5-8-15-7-2-3-9-16(15)19;2-1(3,4)5/h2-3,7,9,14H,4-6,8,10-13H2,1H3;(H,2,3,4,5). The minimum Gasteiger partial charge on any atom is -0.311 e. The number of benzene rings is 1. The summed E-state index contributed by atoms with van der Waals surface area (Å²) in [5.74, 6) is 0.997. The van der Waals surface area contributed by atoms with E-state index >= 15 is 0 Å². The number of halogens is 1. The molecule has 0 radical (unpaired) electrons. The Kier molecular flexibility index (Phi) is 7.18. The summed E-state index contributed by atoms with van der Waals surface area (Å²) >= 11 is 0. The quantitative estimate of drug-likeness (QED) is 0.681. The summed E-state index contributed by atoms with van der Waals surface area (Å²) in [4.78, 5) is 16.9. The maximum Gasteiger partial charge on any atom is 0.241 e. The molecule has 1 atom stereocenters. The van der Waals surface area contributed by atoms with Crippen LogP contribution in [0.25, 0.3) is 0 Å². The van der Waals surface area contributed by atoms with Gasteiger partial charge in [-0.25, -0.2) is 0 Å². The van der Waals surface area contributed by atoms with Crippen molar-refractivity contribution in [3.63, 3.8) is 0 Å². The largest absolute Gasteiger partial charge is 0.311 e. The van der Waals surface area contributed by atoms with Crippen LogP contribution in [0.3, 0.4) is 0 Å². The number of nitrogens with zero attached hydrogens (tertiary/aromatic N) is 2. The first-order valence-electron chi connectivity index (χ1n) is 8.48. The van der Waals surface area contributed by atoms with Crippen LogP contribution in [0, 0.1) is 16.2 Å². The predicted molar refractivity (Wildman–Crippen MR) is 84.2 cm³/mol. The first-order chi connectivity index (χ1) is 11.7. The maximum atomic E-state index is 12.6. The van der Waals surface area contributed by atoms with E-state index in [9.17, 15) is 4.79 Å². The number of carbonyl (C=O) groups excluding carboxylic acids is 1. The summed E-state index contributed by atoms with van der Waals surface area (Å²) in [6, 6.07) is 8.34. The van der Waals surface area contributed by atoms with Gasteiger partial charge in [-0.05, 0) is 49.8 Å². The molecule has 1 fully saturated rings. The number of piperidine rings is 1. The number of aryl methyl sites for hydroxylation is 1. The van der Waals surface area contributed by atoms with Crippen molar-refractivity contribution in [1.29, 1.82) is 0 Å². The highest BCUT2D eigenvalue weighted by Crippen LogP contribution is 2.27. The molecule has 0 spiro atoms. The number of likely N-dealkylation sites (tertiary alicyclic amines) is 1. The number of rotatable bonds is 2. The fraction of sp³-hybridized carbons (Fsp3) is 0.588. The third-order valence-corrected chi connectivity index (χ3v) is 4.51. The summed E-state index contributed by atoms with van der Waals surface area (Å²) in [6.07, 6.45) is 4.71. The minimum absolute atomic E-state index is 0.270. The van der Waals surface area contributed by atoms with Crippen LogP contribution in [0.5, 0.6) is 0 Å². The van der Waals surface area contributed by atoms with E-state index in [-0.39, 0.29) is 5.91 Å². The fourth-order valence-corrected chi connectivity index (χ4v) is 3.50. The molecule has 2 heterocycles. The number of anilines is 1. The SMILES string of the molecule is CC1CCCN(CC(=O)N2CCCc3ccccc32)C1.[O-][Cl+3]([O-])([O-])O. The molecule has 1 unspecified atom stereocenters. The highest BCUT2D eigenvalue weighted by Gasteiger charge is 2.25. The number of amides is 1. The Hall–Kier alpha value is -1.22. The number of para-hydroxylation sites is 1. The van der Waals surface area contributed by atoms with Crippen LogP contribution >= 0.6 is 0 Å². The van der Waals surface area contributed by atoms with Crippen LogP contribution in [0.15, 0.2) is 24.3 Å². The second-order valence-electron chi connectivity index (χ2n) is 6.66. The van der Waals surface area contributed by atoms with E-state index in [0.717, 1.165) is 44.1 Å². The lowest BCUT2D eigenvalue weighted by Crippen LogP contribution is -2.58. The molecular weight excluding hydrogens is 348 g/mol. The maximum absolute atomic E-state index is 12.6. The van der Waals surface area contributed by atoms with Gasteiger partial charge in [0.1, 0.15) is 0 Å². The van der Waals surface area contributed by atoms with Crippen LogP contribution in [-0.2, 0) is 11.2 Å². The molecule has 0 saturated carbocycles. The zero-order valence-corrected chi connectivity index (χ0v) is 15.2. The molecule has 1 aromatic rings. The Morgan fingerprint density at radius 2 is 1.92 bits per heavy atom. The van der Waals surface area contributed by atoms with E-state index in [0.29, 0.717) is 6.54 Å². The summed E-state index contributed by atoms with van der Waals surface area (Å²) in [5.41, 5.74) is 2.45. The summed E-state index contributed by atoms with van der Waals surface area (Å²) in [7, 11) is -4.69.